The number of hydrogen-bond acceptors (Lipinski definition) is 2. The molecule has 3 heteroatoms. The van der Waals surface area contributed by atoms with Crippen LogP contribution in [0, 0.1) is 5.82 Å². The van der Waals surface area contributed by atoms with Crippen molar-refractivity contribution in [3.8, 4) is 0 Å². The lowest BCUT2D eigenvalue weighted by molar-refractivity contribution is 0.199. The van der Waals surface area contributed by atoms with Gasteiger partial charge in [0.05, 0.1) is 11.8 Å². The van der Waals surface area contributed by atoms with E-state index in [2.05, 4.69) is 0 Å². The van der Waals surface area contributed by atoms with Gasteiger partial charge >= 0.3 is 0 Å². The van der Waals surface area contributed by atoms with Crippen LogP contribution in [0.5, 0.6) is 0 Å². The van der Waals surface area contributed by atoms with E-state index in [4.69, 9.17) is 0 Å². The lowest BCUT2D eigenvalue weighted by atomic mass is 10.1. The zero-order valence-electron chi connectivity index (χ0n) is 9.50. The normalized spacial score (nSPS) is 12.6. The summed E-state index contributed by atoms with van der Waals surface area (Å²) in [7, 11) is 0. The second-order valence-electron chi connectivity index (χ2n) is 3.53. The second kappa shape index (κ2) is 5.12. The summed E-state index contributed by atoms with van der Waals surface area (Å²) in [4.78, 5) is 1.91. The topological polar surface area (TPSA) is 23.5 Å². The Morgan fingerprint density at radius 2 is 1.93 bits per heavy atom. The quantitative estimate of drug-likeness (QED) is 0.827. The number of rotatable bonds is 4. The van der Waals surface area contributed by atoms with Crippen LogP contribution in [0.25, 0.3) is 0 Å². The smallest absolute Gasteiger partial charge is 0.146 e. The molecule has 0 aliphatic carbocycles. The first-order valence-electron chi connectivity index (χ1n) is 5.33. The minimum Gasteiger partial charge on any atom is -0.389 e. The average molecular weight is 211 g/mol. The summed E-state index contributed by atoms with van der Waals surface area (Å²) < 4.78 is 13.7. The SMILES string of the molecule is CCN(CC)c1c(F)cccc1[C@@H](C)O. The number of nitrogens with zero attached hydrogens (tertiary/aromatic N) is 1. The highest BCUT2D eigenvalue weighted by Gasteiger charge is 2.16. The first-order chi connectivity index (χ1) is 7.11. The average Bonchev–Trinajstić information content (AvgIpc) is 2.21. The molecule has 0 spiro atoms. The highest BCUT2D eigenvalue weighted by atomic mass is 19.1. The molecule has 0 heterocycles. The van der Waals surface area contributed by atoms with Crippen molar-refractivity contribution in [1.82, 2.24) is 0 Å². The zero-order chi connectivity index (χ0) is 11.4. The van der Waals surface area contributed by atoms with Crippen LogP contribution >= 0.6 is 0 Å². The number of halogens is 1. The van der Waals surface area contributed by atoms with Crippen LogP contribution in [-0.2, 0) is 0 Å². The Morgan fingerprint density at radius 3 is 2.40 bits per heavy atom. The Balaban J connectivity index is 3.23. The van der Waals surface area contributed by atoms with E-state index in [1.165, 1.54) is 6.07 Å². The molecule has 1 aromatic rings. The van der Waals surface area contributed by atoms with Gasteiger partial charge in [-0.2, -0.15) is 0 Å². The van der Waals surface area contributed by atoms with Crippen molar-refractivity contribution in [3.05, 3.63) is 29.6 Å². The van der Waals surface area contributed by atoms with Gasteiger partial charge in [0.15, 0.2) is 0 Å². The first kappa shape index (κ1) is 12.0. The molecule has 0 saturated carbocycles. The molecule has 0 unspecified atom stereocenters. The molecule has 15 heavy (non-hydrogen) atoms. The van der Waals surface area contributed by atoms with Gasteiger partial charge in [-0.05, 0) is 26.8 Å². The summed E-state index contributed by atoms with van der Waals surface area (Å²) in [5, 5.41) is 9.58. The fourth-order valence-electron chi connectivity index (χ4n) is 1.74. The molecule has 0 aromatic heterocycles. The van der Waals surface area contributed by atoms with E-state index in [0.717, 1.165) is 13.1 Å². The van der Waals surface area contributed by atoms with Crippen molar-refractivity contribution < 1.29 is 9.50 Å². The fourth-order valence-corrected chi connectivity index (χ4v) is 1.74. The van der Waals surface area contributed by atoms with Crippen LogP contribution in [0.1, 0.15) is 32.4 Å². The molecular weight excluding hydrogens is 193 g/mol. The van der Waals surface area contributed by atoms with E-state index in [-0.39, 0.29) is 5.82 Å². The van der Waals surface area contributed by atoms with Gasteiger partial charge in [-0.15, -0.1) is 0 Å². The lowest BCUT2D eigenvalue weighted by Gasteiger charge is -2.25. The Hall–Kier alpha value is -1.09. The van der Waals surface area contributed by atoms with Crippen molar-refractivity contribution in [1.29, 1.82) is 0 Å². The van der Waals surface area contributed by atoms with E-state index >= 15 is 0 Å². The van der Waals surface area contributed by atoms with E-state index in [1.54, 1.807) is 19.1 Å². The zero-order valence-corrected chi connectivity index (χ0v) is 9.50. The Labute approximate surface area is 90.3 Å². The highest BCUT2D eigenvalue weighted by Crippen LogP contribution is 2.28. The van der Waals surface area contributed by atoms with E-state index in [0.29, 0.717) is 11.3 Å². The van der Waals surface area contributed by atoms with Crippen LogP contribution in [0.15, 0.2) is 18.2 Å². The third-order valence-electron chi connectivity index (χ3n) is 2.55. The summed E-state index contributed by atoms with van der Waals surface area (Å²) >= 11 is 0. The van der Waals surface area contributed by atoms with Crippen molar-refractivity contribution in [2.75, 3.05) is 18.0 Å². The van der Waals surface area contributed by atoms with Crippen LogP contribution in [0.4, 0.5) is 10.1 Å². The number of hydrogen-bond donors (Lipinski definition) is 1. The summed E-state index contributed by atoms with van der Waals surface area (Å²) in [6.07, 6.45) is -0.642. The predicted octanol–water partition coefficient (Wildman–Crippen LogP) is 2.73. The minimum absolute atomic E-state index is 0.267. The lowest BCUT2D eigenvalue weighted by Crippen LogP contribution is -2.24. The van der Waals surface area contributed by atoms with E-state index < -0.39 is 6.10 Å². The molecule has 1 rings (SSSR count). The molecule has 0 bridgehead atoms. The highest BCUT2D eigenvalue weighted by molar-refractivity contribution is 5.55. The van der Waals surface area contributed by atoms with Gasteiger partial charge in [0, 0.05) is 18.7 Å². The van der Waals surface area contributed by atoms with Crippen molar-refractivity contribution >= 4 is 5.69 Å². The molecular formula is C12H18FNO. The molecule has 0 radical (unpaired) electrons. The Morgan fingerprint density at radius 1 is 1.33 bits per heavy atom. The first-order valence-corrected chi connectivity index (χ1v) is 5.33. The number of aliphatic hydroxyl groups is 1. The van der Waals surface area contributed by atoms with Gasteiger partial charge in [0.2, 0.25) is 0 Å². The summed E-state index contributed by atoms with van der Waals surface area (Å²) in [5.74, 6) is -0.267. The van der Waals surface area contributed by atoms with Crippen LogP contribution in [-0.4, -0.2) is 18.2 Å². The Bertz CT molecular complexity index is 321. The van der Waals surface area contributed by atoms with Gasteiger partial charge in [0.1, 0.15) is 5.82 Å². The van der Waals surface area contributed by atoms with Crippen LogP contribution in [0.3, 0.4) is 0 Å². The molecule has 1 N–H and O–H groups in total. The number of para-hydroxylation sites is 1. The number of anilines is 1. The molecule has 0 saturated heterocycles. The molecule has 0 amide bonds. The van der Waals surface area contributed by atoms with Crippen LogP contribution < -0.4 is 4.90 Å². The van der Waals surface area contributed by atoms with Gasteiger partial charge < -0.3 is 10.0 Å². The van der Waals surface area contributed by atoms with E-state index in [1.807, 2.05) is 18.7 Å². The number of aliphatic hydroxyl groups excluding tert-OH is 1. The van der Waals surface area contributed by atoms with E-state index in [9.17, 15) is 9.50 Å². The number of benzene rings is 1. The van der Waals surface area contributed by atoms with Gasteiger partial charge in [0.25, 0.3) is 0 Å². The van der Waals surface area contributed by atoms with Crippen molar-refractivity contribution in [3.63, 3.8) is 0 Å². The largest absolute Gasteiger partial charge is 0.389 e. The maximum atomic E-state index is 13.7. The van der Waals surface area contributed by atoms with Crippen molar-refractivity contribution in [2.24, 2.45) is 0 Å². The maximum Gasteiger partial charge on any atom is 0.146 e. The Kier molecular flexibility index (Phi) is 4.09. The third-order valence-corrected chi connectivity index (χ3v) is 2.55. The van der Waals surface area contributed by atoms with Crippen molar-refractivity contribution in [2.45, 2.75) is 26.9 Å². The molecule has 0 aliphatic rings. The molecule has 0 aliphatic heterocycles. The molecule has 1 atom stereocenters. The molecule has 84 valence electrons. The fraction of sp³-hybridized carbons (Fsp3) is 0.500. The van der Waals surface area contributed by atoms with Crippen LogP contribution in [0.2, 0.25) is 0 Å². The van der Waals surface area contributed by atoms with Gasteiger partial charge in [-0.3, -0.25) is 0 Å². The molecule has 2 nitrogen and oxygen atoms in total. The summed E-state index contributed by atoms with van der Waals surface area (Å²) in [5.41, 5.74) is 1.18. The summed E-state index contributed by atoms with van der Waals surface area (Å²) in [6.45, 7) is 7.07. The molecule has 1 aromatic carbocycles. The maximum absolute atomic E-state index is 13.7. The summed E-state index contributed by atoms with van der Waals surface area (Å²) in [6, 6.07) is 4.82. The third kappa shape index (κ3) is 2.48. The van der Waals surface area contributed by atoms with Gasteiger partial charge in [-0.1, -0.05) is 12.1 Å². The van der Waals surface area contributed by atoms with Gasteiger partial charge in [-0.25, -0.2) is 4.39 Å². The standard InChI is InChI=1S/C12H18FNO/c1-4-14(5-2)12-10(9(3)15)7-6-8-11(12)13/h6-9,15H,4-5H2,1-3H3/t9-/m1/s1. The monoisotopic (exact) mass is 211 g/mol. The predicted molar refractivity (Wildman–Crippen MR) is 60.6 cm³/mol. The minimum atomic E-state index is -0.642. The second-order valence-corrected chi connectivity index (χ2v) is 3.53. The molecule has 0 fully saturated rings.